The quantitative estimate of drug-likeness (QED) is 0.857. The maximum absolute atomic E-state index is 4.54. The van der Waals surface area contributed by atoms with E-state index in [2.05, 4.69) is 29.5 Å². The molecule has 2 aliphatic rings. The van der Waals surface area contributed by atoms with Crippen LogP contribution < -0.4 is 5.32 Å². The van der Waals surface area contributed by atoms with Crippen LogP contribution in [0.2, 0.25) is 0 Å². The van der Waals surface area contributed by atoms with E-state index in [1.165, 1.54) is 44.3 Å². The summed E-state index contributed by atoms with van der Waals surface area (Å²) in [6.45, 7) is 6.93. The van der Waals surface area contributed by atoms with E-state index in [1.54, 1.807) is 11.3 Å². The van der Waals surface area contributed by atoms with Gasteiger partial charge in [-0.15, -0.1) is 11.3 Å². The zero-order valence-electron chi connectivity index (χ0n) is 12.2. The first-order valence-electron chi connectivity index (χ1n) is 7.76. The van der Waals surface area contributed by atoms with E-state index in [1.807, 2.05) is 5.51 Å². The third-order valence-corrected chi connectivity index (χ3v) is 5.78. The van der Waals surface area contributed by atoms with Crippen LogP contribution in [0.4, 0.5) is 0 Å². The zero-order chi connectivity index (χ0) is 13.3. The second-order valence-corrected chi connectivity index (χ2v) is 7.84. The second kappa shape index (κ2) is 5.53. The molecule has 0 aromatic carbocycles. The van der Waals surface area contributed by atoms with Crippen molar-refractivity contribution in [3.05, 3.63) is 16.6 Å². The number of rotatable bonds is 6. The lowest BCUT2D eigenvalue weighted by Crippen LogP contribution is -2.41. The molecule has 2 nitrogen and oxygen atoms in total. The summed E-state index contributed by atoms with van der Waals surface area (Å²) < 4.78 is 0. The molecule has 2 saturated carbocycles. The molecule has 2 aliphatic carbocycles. The zero-order valence-corrected chi connectivity index (χ0v) is 13.0. The Hall–Kier alpha value is -0.410. The predicted molar refractivity (Wildman–Crippen MR) is 81.4 cm³/mol. The molecule has 0 amide bonds. The number of fused-ring (bicyclic) bond motifs is 2. The van der Waals surface area contributed by atoms with E-state index in [4.69, 9.17) is 0 Å². The van der Waals surface area contributed by atoms with Gasteiger partial charge < -0.3 is 5.32 Å². The van der Waals surface area contributed by atoms with Crippen molar-refractivity contribution < 1.29 is 0 Å². The van der Waals surface area contributed by atoms with Gasteiger partial charge >= 0.3 is 0 Å². The first kappa shape index (κ1) is 13.6. The largest absolute Gasteiger partial charge is 0.316 e. The highest BCUT2D eigenvalue weighted by Crippen LogP contribution is 2.57. The van der Waals surface area contributed by atoms with Gasteiger partial charge in [0.1, 0.15) is 0 Å². The van der Waals surface area contributed by atoms with Crippen molar-refractivity contribution >= 4 is 11.3 Å². The normalized spacial score (nSPS) is 33.4. The highest BCUT2D eigenvalue weighted by molar-refractivity contribution is 7.07. The van der Waals surface area contributed by atoms with Gasteiger partial charge in [-0.2, -0.15) is 0 Å². The number of hydrogen-bond acceptors (Lipinski definition) is 3. The van der Waals surface area contributed by atoms with Crippen LogP contribution in [-0.4, -0.2) is 18.1 Å². The molecule has 1 N–H and O–H groups in total. The summed E-state index contributed by atoms with van der Waals surface area (Å²) in [5.74, 6) is 2.69. The number of thiazole rings is 1. The molecule has 0 saturated heterocycles. The van der Waals surface area contributed by atoms with Gasteiger partial charge in [-0.25, -0.2) is 4.98 Å². The maximum atomic E-state index is 4.54. The number of nitrogens with zero attached hydrogens (tertiary/aromatic N) is 1. The Kier molecular flexibility index (Phi) is 3.95. The molecule has 0 aliphatic heterocycles. The lowest BCUT2D eigenvalue weighted by molar-refractivity contribution is 0.153. The highest BCUT2D eigenvalue weighted by Gasteiger charge is 2.50. The van der Waals surface area contributed by atoms with Crippen LogP contribution in [-0.2, 0) is 6.42 Å². The van der Waals surface area contributed by atoms with Crippen molar-refractivity contribution in [3.63, 3.8) is 0 Å². The topological polar surface area (TPSA) is 24.9 Å². The van der Waals surface area contributed by atoms with E-state index in [0.29, 0.717) is 5.41 Å². The molecule has 0 radical (unpaired) electrons. The van der Waals surface area contributed by atoms with Gasteiger partial charge in [0, 0.05) is 11.9 Å². The predicted octanol–water partition coefficient (Wildman–Crippen LogP) is 3.74. The number of hydrogen-bond donors (Lipinski definition) is 1. The summed E-state index contributed by atoms with van der Waals surface area (Å²) in [6, 6.07) is 0. The van der Waals surface area contributed by atoms with Crippen molar-refractivity contribution in [1.29, 1.82) is 0 Å². The molecule has 3 unspecified atom stereocenters. The number of nitrogens with one attached hydrogen (secondary N) is 1. The fourth-order valence-corrected chi connectivity index (χ4v) is 4.91. The van der Waals surface area contributed by atoms with Gasteiger partial charge in [-0.05, 0) is 55.4 Å². The van der Waals surface area contributed by atoms with Gasteiger partial charge in [-0.1, -0.05) is 20.3 Å². The highest BCUT2D eigenvalue weighted by atomic mass is 32.1. The lowest BCUT2D eigenvalue weighted by atomic mass is 9.70. The molecule has 106 valence electrons. The second-order valence-electron chi connectivity index (χ2n) is 7.12. The molecule has 3 rings (SSSR count). The van der Waals surface area contributed by atoms with Gasteiger partial charge in [0.2, 0.25) is 0 Å². The Morgan fingerprint density at radius 1 is 1.47 bits per heavy atom. The van der Waals surface area contributed by atoms with Crippen molar-refractivity contribution in [3.8, 4) is 0 Å². The van der Waals surface area contributed by atoms with E-state index in [9.17, 15) is 0 Å². The fraction of sp³-hybridized carbons (Fsp3) is 0.812. The van der Waals surface area contributed by atoms with Gasteiger partial charge in [0.05, 0.1) is 11.2 Å². The Balaban J connectivity index is 1.69. The van der Waals surface area contributed by atoms with E-state index < -0.39 is 0 Å². The minimum Gasteiger partial charge on any atom is -0.316 e. The average molecular weight is 278 g/mol. The summed E-state index contributed by atoms with van der Waals surface area (Å²) in [4.78, 5) is 4.54. The van der Waals surface area contributed by atoms with Crippen molar-refractivity contribution in [2.24, 2.45) is 23.2 Å². The van der Waals surface area contributed by atoms with Crippen LogP contribution in [0.5, 0.6) is 0 Å². The van der Waals surface area contributed by atoms with E-state index in [0.717, 1.165) is 24.3 Å². The van der Waals surface area contributed by atoms with Gasteiger partial charge in [0.15, 0.2) is 0 Å². The molecular formula is C16H26N2S. The Morgan fingerprint density at radius 3 is 2.95 bits per heavy atom. The molecular weight excluding hydrogens is 252 g/mol. The summed E-state index contributed by atoms with van der Waals surface area (Å²) in [6.07, 6.45) is 7.04. The molecule has 2 bridgehead atoms. The van der Waals surface area contributed by atoms with Gasteiger partial charge in [-0.3, -0.25) is 0 Å². The standard InChI is InChI=1S/C16H26N2S/c1-12(2)8-17-10-16(7-15-9-19-11-18-15)6-13-3-4-14(16)5-13/h9,11-14,17H,3-8,10H2,1-2H3. The van der Waals surface area contributed by atoms with Crippen LogP contribution in [0.25, 0.3) is 0 Å². The summed E-state index contributed by atoms with van der Waals surface area (Å²) in [5.41, 5.74) is 3.81. The first-order valence-corrected chi connectivity index (χ1v) is 8.70. The van der Waals surface area contributed by atoms with Gasteiger partial charge in [0.25, 0.3) is 0 Å². The Labute approximate surface area is 121 Å². The molecule has 0 spiro atoms. The van der Waals surface area contributed by atoms with Crippen molar-refractivity contribution in [1.82, 2.24) is 10.3 Å². The van der Waals surface area contributed by atoms with Crippen LogP contribution in [0.1, 0.15) is 45.2 Å². The minimum atomic E-state index is 0.506. The molecule has 1 aromatic heterocycles. The number of aromatic nitrogens is 1. The molecule has 1 aromatic rings. The first-order chi connectivity index (χ1) is 9.18. The SMILES string of the molecule is CC(C)CNCC1(Cc2cscn2)CC2CCC1C2. The monoisotopic (exact) mass is 278 g/mol. The third-order valence-electron chi connectivity index (χ3n) is 5.15. The summed E-state index contributed by atoms with van der Waals surface area (Å²) in [5, 5.41) is 5.99. The Morgan fingerprint density at radius 2 is 2.37 bits per heavy atom. The fourth-order valence-electron chi connectivity index (χ4n) is 4.35. The van der Waals surface area contributed by atoms with Crippen LogP contribution in [0.3, 0.4) is 0 Å². The molecule has 2 fully saturated rings. The Bertz CT molecular complexity index is 401. The minimum absolute atomic E-state index is 0.506. The van der Waals surface area contributed by atoms with Crippen LogP contribution in [0, 0.1) is 23.2 Å². The molecule has 1 heterocycles. The molecule has 19 heavy (non-hydrogen) atoms. The maximum Gasteiger partial charge on any atom is 0.0794 e. The molecule has 3 atom stereocenters. The van der Waals surface area contributed by atoms with E-state index in [-0.39, 0.29) is 0 Å². The van der Waals surface area contributed by atoms with E-state index >= 15 is 0 Å². The van der Waals surface area contributed by atoms with Crippen molar-refractivity contribution in [2.75, 3.05) is 13.1 Å². The lowest BCUT2D eigenvalue weighted by Gasteiger charge is -2.38. The van der Waals surface area contributed by atoms with Crippen LogP contribution in [0.15, 0.2) is 10.9 Å². The van der Waals surface area contributed by atoms with Crippen LogP contribution >= 0.6 is 11.3 Å². The third kappa shape index (κ3) is 2.87. The summed E-state index contributed by atoms with van der Waals surface area (Å²) >= 11 is 1.74. The molecule has 3 heteroatoms. The summed E-state index contributed by atoms with van der Waals surface area (Å²) in [7, 11) is 0. The smallest absolute Gasteiger partial charge is 0.0794 e. The van der Waals surface area contributed by atoms with Crippen molar-refractivity contribution in [2.45, 2.75) is 46.0 Å². The average Bonchev–Trinajstić information content (AvgIpc) is 3.04.